The number of amides is 1. The van der Waals surface area contributed by atoms with Crippen molar-refractivity contribution in [3.8, 4) is 11.8 Å². The Bertz CT molecular complexity index is 1990. The molecule has 4 heterocycles. The van der Waals surface area contributed by atoms with Crippen LogP contribution < -0.4 is 21.7 Å². The van der Waals surface area contributed by atoms with Crippen molar-refractivity contribution >= 4 is 64.1 Å². The van der Waals surface area contributed by atoms with Gasteiger partial charge in [-0.1, -0.05) is 58.9 Å². The number of benzene rings is 2. The molecule has 0 bridgehead atoms. The first-order valence-corrected chi connectivity index (χ1v) is 17.0. The second kappa shape index (κ2) is 14.2. The number of nitrogens with one attached hydrogen (secondary N) is 1. The van der Waals surface area contributed by atoms with E-state index in [4.69, 9.17) is 39.4 Å². The molecule has 6 rings (SSSR count). The summed E-state index contributed by atoms with van der Waals surface area (Å²) in [6, 6.07) is 11.9. The maximum absolute atomic E-state index is 13.6. The number of hydrogen-bond acceptors (Lipinski definition) is 11. The maximum Gasteiger partial charge on any atom is 0.262 e. The monoisotopic (exact) mass is 717 g/mol. The highest BCUT2D eigenvalue weighted by atomic mass is 35.5. The number of aromatic nitrogens is 2. The van der Waals surface area contributed by atoms with Crippen molar-refractivity contribution in [3.05, 3.63) is 93.1 Å². The van der Waals surface area contributed by atoms with Gasteiger partial charge in [-0.15, -0.1) is 0 Å². The summed E-state index contributed by atoms with van der Waals surface area (Å²) in [5.74, 6) is 7.14. The largest absolute Gasteiger partial charge is 0.506 e. The lowest BCUT2D eigenvalue weighted by Crippen LogP contribution is -2.50. The molecule has 252 valence electrons. The number of hydrogen-bond donors (Lipinski definition) is 4. The molecule has 1 amide bonds. The number of rotatable bonds is 5. The van der Waals surface area contributed by atoms with E-state index in [1.54, 1.807) is 61.7 Å². The molecule has 1 spiro atoms. The molecule has 6 N–H and O–H groups in total. The number of nitrogens with two attached hydrogens (primary N) is 2. The van der Waals surface area contributed by atoms with Gasteiger partial charge in [0.05, 0.1) is 35.2 Å². The van der Waals surface area contributed by atoms with Crippen LogP contribution in [0, 0.1) is 17.3 Å². The van der Waals surface area contributed by atoms with E-state index in [0.29, 0.717) is 32.9 Å². The lowest BCUT2D eigenvalue weighted by Gasteiger charge is -2.41. The summed E-state index contributed by atoms with van der Waals surface area (Å²) in [7, 11) is 1.55. The van der Waals surface area contributed by atoms with Gasteiger partial charge in [-0.3, -0.25) is 4.79 Å². The minimum atomic E-state index is -0.784. The lowest BCUT2D eigenvalue weighted by molar-refractivity contribution is -0.112. The van der Waals surface area contributed by atoms with Crippen LogP contribution in [0.25, 0.3) is 0 Å². The fourth-order valence-corrected chi connectivity index (χ4v) is 7.41. The summed E-state index contributed by atoms with van der Waals surface area (Å²) in [5.41, 5.74) is 13.3. The van der Waals surface area contributed by atoms with E-state index in [0.717, 1.165) is 25.9 Å². The van der Waals surface area contributed by atoms with Crippen molar-refractivity contribution in [2.75, 3.05) is 42.7 Å². The zero-order valence-corrected chi connectivity index (χ0v) is 29.0. The normalized spacial score (nSPS) is 20.1. The molecule has 2 atom stereocenters. The summed E-state index contributed by atoms with van der Waals surface area (Å²) in [6.07, 6.45) is 4.97. The third kappa shape index (κ3) is 7.00. The van der Waals surface area contributed by atoms with Gasteiger partial charge in [0.15, 0.2) is 11.8 Å². The average Bonchev–Trinajstić information content (AvgIpc) is 3.35. The molecule has 2 fully saturated rings. The summed E-state index contributed by atoms with van der Waals surface area (Å²) in [5, 5.41) is 14.9. The highest BCUT2D eigenvalue weighted by Gasteiger charge is 2.47. The standard InChI is InChI=1S/C35H33Cl2N7O4S/c1-20-31(38)35(19-48-20)11-13-44(14-12-35)27-16-40-34(32(39)42-27)49-26-8-4-7-24(29(26)37)41-33(47)28-25(18-45)43(2)17-22(30(28)46)10-9-21-5-3-6-23(36)15-21/h3-8,15-17,20,31,46H,11-14,19,38H2,1-2H3,(H2,39,42)(H,41,47)/t20-,31+/m0/s1. The molecular formula is C35H33Cl2N7O4S. The Labute approximate surface area is 298 Å². The third-order valence-electron chi connectivity index (χ3n) is 8.99. The Balaban J connectivity index is 1.17. The number of carbonyl (C=O) groups excluding carboxylic acids is 2. The summed E-state index contributed by atoms with van der Waals surface area (Å²) < 4.78 is 5.84. The smallest absolute Gasteiger partial charge is 0.262 e. The fourth-order valence-electron chi connectivity index (χ4n) is 6.12. The molecule has 0 aliphatic carbocycles. The second-order valence-electron chi connectivity index (χ2n) is 12.1. The van der Waals surface area contributed by atoms with Gasteiger partial charge in [-0.25, -0.2) is 14.8 Å². The SMILES string of the molecule is C[C@@H]1OCC2(CCN(c3cnc(Sc4cccc(NC(=O)C5=C(O)C(C#Cc6cccc(Cl)c6)=CN(C)C5=C=O)c4Cl)c(N)n3)CC2)[C@@H]1N. The van der Waals surface area contributed by atoms with Crippen molar-refractivity contribution in [2.45, 2.75) is 41.8 Å². The second-order valence-corrected chi connectivity index (χ2v) is 13.9. The number of ether oxygens (including phenoxy) is 1. The minimum Gasteiger partial charge on any atom is -0.506 e. The molecule has 2 saturated heterocycles. The molecule has 3 aliphatic heterocycles. The van der Waals surface area contributed by atoms with Crippen LogP contribution in [-0.2, 0) is 14.3 Å². The van der Waals surface area contributed by atoms with Gasteiger partial charge < -0.3 is 36.4 Å². The van der Waals surface area contributed by atoms with Gasteiger partial charge in [-0.05, 0) is 50.1 Å². The van der Waals surface area contributed by atoms with Gasteiger partial charge in [0.2, 0.25) is 0 Å². The zero-order valence-electron chi connectivity index (χ0n) is 26.7. The van der Waals surface area contributed by atoms with Gasteiger partial charge in [0, 0.05) is 53.3 Å². The van der Waals surface area contributed by atoms with Crippen LogP contribution in [0.5, 0.6) is 0 Å². The number of piperidine rings is 1. The van der Waals surface area contributed by atoms with Crippen molar-refractivity contribution in [3.63, 3.8) is 0 Å². The molecular weight excluding hydrogens is 685 g/mol. The number of allylic oxidation sites excluding steroid dienone is 1. The van der Waals surface area contributed by atoms with Gasteiger partial charge in [0.25, 0.3) is 5.91 Å². The molecule has 3 aromatic rings. The van der Waals surface area contributed by atoms with Crippen LogP contribution in [0.3, 0.4) is 0 Å². The van der Waals surface area contributed by atoms with Crippen LogP contribution in [0.1, 0.15) is 25.3 Å². The molecule has 1 aromatic heterocycles. The number of aliphatic hydroxyl groups is 1. The first-order valence-electron chi connectivity index (χ1n) is 15.4. The predicted molar refractivity (Wildman–Crippen MR) is 191 cm³/mol. The highest BCUT2D eigenvalue weighted by Crippen LogP contribution is 2.43. The van der Waals surface area contributed by atoms with Crippen LogP contribution in [0.15, 0.2) is 87.4 Å². The van der Waals surface area contributed by atoms with Crippen molar-refractivity contribution in [1.82, 2.24) is 14.9 Å². The first-order chi connectivity index (χ1) is 23.5. The van der Waals surface area contributed by atoms with E-state index in [2.05, 4.69) is 32.0 Å². The van der Waals surface area contributed by atoms with Crippen LogP contribution in [0.4, 0.5) is 17.3 Å². The van der Waals surface area contributed by atoms with Gasteiger partial charge in [-0.2, -0.15) is 0 Å². The Morgan fingerprint density at radius 1 is 1.18 bits per heavy atom. The summed E-state index contributed by atoms with van der Waals surface area (Å²) in [4.78, 5) is 38.7. The number of carbonyl (C=O) groups is 1. The number of likely N-dealkylation sites (N-methyl/N-ethyl adjacent to an activating group) is 1. The van der Waals surface area contributed by atoms with Crippen LogP contribution >= 0.6 is 35.0 Å². The molecule has 2 aromatic carbocycles. The van der Waals surface area contributed by atoms with E-state index in [1.165, 1.54) is 22.9 Å². The molecule has 14 heteroatoms. The number of nitrogens with zero attached hydrogens (tertiary/aromatic N) is 4. The van der Waals surface area contributed by atoms with Gasteiger partial charge in [0.1, 0.15) is 27.9 Å². The van der Waals surface area contributed by atoms with Crippen LogP contribution in [-0.4, -0.2) is 70.7 Å². The van der Waals surface area contributed by atoms with E-state index in [9.17, 15) is 14.7 Å². The van der Waals surface area contributed by atoms with Crippen molar-refractivity contribution in [2.24, 2.45) is 11.1 Å². The Kier molecular flexibility index (Phi) is 9.95. The van der Waals surface area contributed by atoms with Crippen LogP contribution in [0.2, 0.25) is 10.0 Å². The topological polar surface area (TPSA) is 160 Å². The van der Waals surface area contributed by atoms with E-state index in [1.807, 2.05) is 6.92 Å². The fraction of sp³-hybridized carbons (Fsp3) is 0.286. The van der Waals surface area contributed by atoms with Crippen molar-refractivity contribution < 1.29 is 19.4 Å². The minimum absolute atomic E-state index is 0.0128. The number of nitrogen functional groups attached to an aromatic ring is 1. The van der Waals surface area contributed by atoms with Crippen molar-refractivity contribution in [1.29, 1.82) is 0 Å². The Morgan fingerprint density at radius 3 is 2.61 bits per heavy atom. The number of anilines is 3. The molecule has 3 aliphatic rings. The van der Waals surface area contributed by atoms with Gasteiger partial charge >= 0.3 is 0 Å². The number of halogens is 2. The summed E-state index contributed by atoms with van der Waals surface area (Å²) in [6.45, 7) is 4.24. The molecule has 0 unspecified atom stereocenters. The Hall–Kier alpha value is -4.47. The zero-order chi connectivity index (χ0) is 34.9. The number of aliphatic hydroxyl groups excluding tert-OH is 1. The van der Waals surface area contributed by atoms with E-state index >= 15 is 0 Å². The Morgan fingerprint density at radius 2 is 1.94 bits per heavy atom. The molecule has 0 saturated carbocycles. The third-order valence-corrected chi connectivity index (χ3v) is 10.8. The quantitative estimate of drug-likeness (QED) is 0.203. The average molecular weight is 719 g/mol. The molecule has 11 nitrogen and oxygen atoms in total. The predicted octanol–water partition coefficient (Wildman–Crippen LogP) is 5.20. The maximum atomic E-state index is 13.6. The highest BCUT2D eigenvalue weighted by molar-refractivity contribution is 7.99. The van der Waals surface area contributed by atoms with E-state index in [-0.39, 0.29) is 50.9 Å². The molecule has 0 radical (unpaired) electrons. The summed E-state index contributed by atoms with van der Waals surface area (Å²) >= 11 is 14.0. The lowest BCUT2D eigenvalue weighted by atomic mass is 9.73. The van der Waals surface area contributed by atoms with E-state index < -0.39 is 11.7 Å². The molecule has 49 heavy (non-hydrogen) atoms. The first kappa shape index (κ1) is 34.4.